The molecule has 1 aliphatic heterocycles. The fourth-order valence-electron chi connectivity index (χ4n) is 3.09. The molecule has 1 aliphatic rings. The topological polar surface area (TPSA) is 41.1 Å². The first-order valence-corrected chi connectivity index (χ1v) is 9.24. The smallest absolute Gasteiger partial charge is 0.241 e. The minimum absolute atomic E-state index is 0.167. The van der Waals surface area contributed by atoms with Gasteiger partial charge in [-0.15, -0.1) is 0 Å². The summed E-state index contributed by atoms with van der Waals surface area (Å²) in [6, 6.07) is 10.3. The minimum Gasteiger partial charge on any atom is -0.322 e. The molecular formula is C21H22ClFN2O. The molecule has 1 amide bonds. The van der Waals surface area contributed by atoms with Gasteiger partial charge in [-0.05, 0) is 36.6 Å². The van der Waals surface area contributed by atoms with E-state index in [4.69, 9.17) is 11.6 Å². The highest BCUT2D eigenvalue weighted by molar-refractivity contribution is 6.33. The molecule has 0 saturated heterocycles. The molecule has 2 N–H and O–H groups in total. The van der Waals surface area contributed by atoms with E-state index in [1.54, 1.807) is 24.3 Å². The molecule has 0 aliphatic carbocycles. The molecule has 2 aromatic carbocycles. The highest BCUT2D eigenvalue weighted by Gasteiger charge is 2.20. The zero-order valence-corrected chi connectivity index (χ0v) is 15.4. The van der Waals surface area contributed by atoms with Gasteiger partial charge in [0.2, 0.25) is 5.91 Å². The van der Waals surface area contributed by atoms with Gasteiger partial charge in [0.25, 0.3) is 0 Å². The Bertz CT molecular complexity index is 835. The van der Waals surface area contributed by atoms with Crippen LogP contribution in [0.15, 0.2) is 48.6 Å². The van der Waals surface area contributed by atoms with Crippen LogP contribution in [0.2, 0.25) is 5.02 Å². The quantitative estimate of drug-likeness (QED) is 0.729. The van der Waals surface area contributed by atoms with E-state index in [9.17, 15) is 4.79 Å². The van der Waals surface area contributed by atoms with Gasteiger partial charge < -0.3 is 10.6 Å². The third-order valence-electron chi connectivity index (χ3n) is 4.45. The summed E-state index contributed by atoms with van der Waals surface area (Å²) in [6.07, 6.45) is 6.42. The van der Waals surface area contributed by atoms with Gasteiger partial charge in [-0.3, -0.25) is 4.79 Å². The Labute approximate surface area is 158 Å². The van der Waals surface area contributed by atoms with Crippen LogP contribution in [0.3, 0.4) is 0 Å². The first-order chi connectivity index (χ1) is 12.6. The third-order valence-corrected chi connectivity index (χ3v) is 4.78. The van der Waals surface area contributed by atoms with Crippen molar-refractivity contribution in [1.82, 2.24) is 5.32 Å². The molecule has 0 bridgehead atoms. The van der Waals surface area contributed by atoms with E-state index in [2.05, 4.69) is 17.6 Å². The van der Waals surface area contributed by atoms with Crippen LogP contribution in [-0.4, -0.2) is 18.5 Å². The second-order valence-electron chi connectivity index (χ2n) is 6.39. The molecule has 0 saturated carbocycles. The molecule has 0 unspecified atom stereocenters. The van der Waals surface area contributed by atoms with E-state index < -0.39 is 5.82 Å². The van der Waals surface area contributed by atoms with Crippen molar-refractivity contribution in [1.29, 1.82) is 0 Å². The lowest BCUT2D eigenvalue weighted by Gasteiger charge is -2.19. The number of benzene rings is 2. The maximum absolute atomic E-state index is 15.1. The van der Waals surface area contributed by atoms with Crippen LogP contribution in [0.4, 0.5) is 10.1 Å². The number of anilines is 1. The van der Waals surface area contributed by atoms with Gasteiger partial charge in [0, 0.05) is 22.7 Å². The summed E-state index contributed by atoms with van der Waals surface area (Å²) < 4.78 is 15.1. The van der Waals surface area contributed by atoms with Crippen LogP contribution in [0, 0.1) is 5.82 Å². The summed E-state index contributed by atoms with van der Waals surface area (Å²) in [7, 11) is 0. The van der Waals surface area contributed by atoms with Gasteiger partial charge in [0.05, 0.1) is 11.7 Å². The van der Waals surface area contributed by atoms with Gasteiger partial charge in [-0.25, -0.2) is 4.39 Å². The number of nitrogens with one attached hydrogen (secondary N) is 2. The second kappa shape index (κ2) is 8.47. The first-order valence-electron chi connectivity index (χ1n) is 8.86. The van der Waals surface area contributed by atoms with E-state index in [1.807, 2.05) is 24.3 Å². The average Bonchev–Trinajstić information content (AvgIpc) is 2.66. The molecule has 136 valence electrons. The number of hydrogen-bond acceptors (Lipinski definition) is 2. The lowest BCUT2D eigenvalue weighted by Crippen LogP contribution is -2.42. The van der Waals surface area contributed by atoms with Crippen LogP contribution in [-0.2, 0) is 11.2 Å². The molecule has 5 heteroatoms. The molecule has 0 fully saturated rings. The molecule has 0 spiro atoms. The van der Waals surface area contributed by atoms with Crippen molar-refractivity contribution in [3.05, 3.63) is 65.0 Å². The Morgan fingerprint density at radius 2 is 2.12 bits per heavy atom. The van der Waals surface area contributed by atoms with E-state index >= 15 is 4.39 Å². The zero-order chi connectivity index (χ0) is 18.5. The number of halogens is 2. The van der Waals surface area contributed by atoms with Gasteiger partial charge in [-0.1, -0.05) is 55.3 Å². The number of amides is 1. The normalized spacial score (nSPS) is 16.5. The van der Waals surface area contributed by atoms with Crippen molar-refractivity contribution in [3.8, 4) is 11.1 Å². The van der Waals surface area contributed by atoms with Crippen molar-refractivity contribution in [2.24, 2.45) is 0 Å². The molecule has 26 heavy (non-hydrogen) atoms. The maximum Gasteiger partial charge on any atom is 0.241 e. The maximum atomic E-state index is 15.1. The van der Waals surface area contributed by atoms with Crippen LogP contribution < -0.4 is 10.6 Å². The predicted octanol–water partition coefficient (Wildman–Crippen LogP) is 4.96. The largest absolute Gasteiger partial charge is 0.322 e. The molecule has 3 rings (SSSR count). The predicted molar refractivity (Wildman–Crippen MR) is 105 cm³/mol. The Kier molecular flexibility index (Phi) is 6.07. The lowest BCUT2D eigenvalue weighted by atomic mass is 10.00. The molecular weight excluding hydrogens is 351 g/mol. The monoisotopic (exact) mass is 372 g/mol. The number of aryl methyl sites for hydroxylation is 1. The van der Waals surface area contributed by atoms with Crippen LogP contribution in [0.1, 0.15) is 25.3 Å². The SMILES string of the molecule is CCCc1ccc(Cl)c(-c2cccc(NC(=O)[C@@H]3CC=CCN3)c2F)c1. The Balaban J connectivity index is 1.89. The molecule has 0 radical (unpaired) electrons. The van der Waals surface area contributed by atoms with Gasteiger partial charge in [0.1, 0.15) is 0 Å². The molecule has 1 atom stereocenters. The van der Waals surface area contributed by atoms with E-state index in [0.717, 1.165) is 18.4 Å². The van der Waals surface area contributed by atoms with Crippen molar-refractivity contribution in [2.75, 3.05) is 11.9 Å². The van der Waals surface area contributed by atoms with E-state index in [0.29, 0.717) is 29.1 Å². The highest BCUT2D eigenvalue weighted by Crippen LogP contribution is 2.34. The summed E-state index contributed by atoms with van der Waals surface area (Å²) >= 11 is 6.31. The number of carbonyl (C=O) groups excluding carboxylic acids is 1. The lowest BCUT2D eigenvalue weighted by molar-refractivity contribution is -0.118. The first kappa shape index (κ1) is 18.6. The highest BCUT2D eigenvalue weighted by atomic mass is 35.5. The molecule has 0 aromatic heterocycles. The summed E-state index contributed by atoms with van der Waals surface area (Å²) in [5, 5.41) is 6.28. The summed E-state index contributed by atoms with van der Waals surface area (Å²) in [5.74, 6) is -0.709. The number of carbonyl (C=O) groups is 1. The summed E-state index contributed by atoms with van der Waals surface area (Å²) in [5.41, 5.74) is 2.31. The molecule has 2 aromatic rings. The Hall–Kier alpha value is -2.17. The van der Waals surface area contributed by atoms with Gasteiger partial charge >= 0.3 is 0 Å². The fourth-order valence-corrected chi connectivity index (χ4v) is 3.31. The van der Waals surface area contributed by atoms with Crippen molar-refractivity contribution in [3.63, 3.8) is 0 Å². The fraction of sp³-hybridized carbons (Fsp3) is 0.286. The zero-order valence-electron chi connectivity index (χ0n) is 14.7. The Morgan fingerprint density at radius 1 is 1.27 bits per heavy atom. The second-order valence-corrected chi connectivity index (χ2v) is 6.80. The molecule has 1 heterocycles. The van der Waals surface area contributed by atoms with Gasteiger partial charge in [-0.2, -0.15) is 0 Å². The summed E-state index contributed by atoms with van der Waals surface area (Å²) in [6.45, 7) is 2.74. The van der Waals surface area contributed by atoms with Crippen molar-refractivity contribution < 1.29 is 9.18 Å². The van der Waals surface area contributed by atoms with Crippen molar-refractivity contribution >= 4 is 23.2 Å². The number of rotatable bonds is 5. The van der Waals surface area contributed by atoms with E-state index in [-0.39, 0.29) is 17.6 Å². The minimum atomic E-state index is -0.470. The van der Waals surface area contributed by atoms with Gasteiger partial charge in [0.15, 0.2) is 5.82 Å². The standard InChI is InChI=1S/C21H22ClFN2O/c1-2-6-14-10-11-17(22)16(13-14)15-7-5-9-18(20(15)23)25-21(26)19-8-3-4-12-24-19/h3-5,7,9-11,13,19,24H,2,6,8,12H2,1H3,(H,25,26)/t19-/m0/s1. The summed E-state index contributed by atoms with van der Waals surface area (Å²) in [4.78, 5) is 12.4. The molecule has 3 nitrogen and oxygen atoms in total. The van der Waals surface area contributed by atoms with Crippen LogP contribution in [0.25, 0.3) is 11.1 Å². The number of hydrogen-bond donors (Lipinski definition) is 2. The Morgan fingerprint density at radius 3 is 2.85 bits per heavy atom. The van der Waals surface area contributed by atoms with E-state index in [1.165, 1.54) is 0 Å². The van der Waals surface area contributed by atoms with Crippen LogP contribution in [0.5, 0.6) is 0 Å². The van der Waals surface area contributed by atoms with Crippen molar-refractivity contribution in [2.45, 2.75) is 32.2 Å². The average molecular weight is 373 g/mol. The third kappa shape index (κ3) is 4.14. The van der Waals surface area contributed by atoms with Crippen LogP contribution >= 0.6 is 11.6 Å².